The lowest BCUT2D eigenvalue weighted by molar-refractivity contribution is -0.130. The van der Waals surface area contributed by atoms with E-state index in [4.69, 9.17) is 40.9 Å². The molecule has 1 atom stereocenters. The Morgan fingerprint density at radius 2 is 1.60 bits per heavy atom. The summed E-state index contributed by atoms with van der Waals surface area (Å²) in [4.78, 5) is 54.7. The minimum atomic E-state index is -0.826. The van der Waals surface area contributed by atoms with Gasteiger partial charge in [-0.3, -0.25) is 24.2 Å². The van der Waals surface area contributed by atoms with Crippen LogP contribution in [0.5, 0.6) is 0 Å². The summed E-state index contributed by atoms with van der Waals surface area (Å²) in [6.45, 7) is 6.43. The molecule has 1 aromatic carbocycles. The van der Waals surface area contributed by atoms with E-state index < -0.39 is 29.7 Å². The van der Waals surface area contributed by atoms with Gasteiger partial charge in [0.2, 0.25) is 23.6 Å². The summed E-state index contributed by atoms with van der Waals surface area (Å²) in [5.41, 5.74) is 27.8. The fraction of sp³-hybridized carbons (Fsp3) is 0.481. The molecule has 242 valence electrons. The first-order valence-electron chi connectivity index (χ1n) is 13.7. The Labute approximate surface area is 258 Å². The Kier molecular flexibility index (Phi) is 25.3. The second kappa shape index (κ2) is 26.6. The highest BCUT2D eigenvalue weighted by Crippen LogP contribution is 2.01. The maximum absolute atomic E-state index is 11.9. The highest BCUT2D eigenvalue weighted by Gasteiger charge is 2.20. The normalized spacial score (nSPS) is 10.1. The molecular weight excluding hydrogens is 574 g/mol. The van der Waals surface area contributed by atoms with Gasteiger partial charge in [-0.05, 0) is 58.3 Å². The number of aliphatic imine (C=N–C) groups is 1. The highest BCUT2D eigenvalue weighted by atomic mass is 32.1. The topological polar surface area (TPSA) is 278 Å². The van der Waals surface area contributed by atoms with Gasteiger partial charge in [0.15, 0.2) is 10.7 Å². The van der Waals surface area contributed by atoms with Crippen molar-refractivity contribution in [2.24, 2.45) is 33.7 Å². The zero-order valence-electron chi connectivity index (χ0n) is 25.3. The van der Waals surface area contributed by atoms with Crippen LogP contribution in [0.1, 0.15) is 43.9 Å². The molecule has 0 radical (unpaired) electrons. The molecule has 0 saturated heterocycles. The molecule has 1 aromatic heterocycles. The number of nitrogens with zero attached hydrogens (tertiary/aromatic N) is 1. The number of carbonyl (C=O) groups excluding carboxylic acids is 4. The van der Waals surface area contributed by atoms with Gasteiger partial charge < -0.3 is 54.6 Å². The molecule has 0 spiro atoms. The molecule has 16 heteroatoms. The van der Waals surface area contributed by atoms with Crippen LogP contribution in [0.25, 0.3) is 0 Å². The van der Waals surface area contributed by atoms with Crippen molar-refractivity contribution in [2.75, 3.05) is 32.7 Å². The third-order valence-electron chi connectivity index (χ3n) is 4.86. The predicted molar refractivity (Wildman–Crippen MR) is 172 cm³/mol. The Morgan fingerprint density at radius 1 is 0.953 bits per heavy atom. The lowest BCUT2D eigenvalue weighted by Crippen LogP contribution is -2.51. The largest absolute Gasteiger partial charge is 0.370 e. The van der Waals surface area contributed by atoms with Crippen molar-refractivity contribution in [3.63, 3.8) is 0 Å². The van der Waals surface area contributed by atoms with Crippen molar-refractivity contribution < 1.29 is 19.2 Å². The van der Waals surface area contributed by atoms with Gasteiger partial charge in [-0.15, -0.1) is 0 Å². The van der Waals surface area contributed by atoms with Crippen LogP contribution in [0.15, 0.2) is 41.5 Å². The van der Waals surface area contributed by atoms with Crippen molar-refractivity contribution in [3.8, 4) is 0 Å². The minimum absolute atomic E-state index is 0.182. The van der Waals surface area contributed by atoms with Crippen LogP contribution in [0.3, 0.4) is 0 Å². The van der Waals surface area contributed by atoms with E-state index in [1.165, 1.54) is 5.56 Å². The van der Waals surface area contributed by atoms with Gasteiger partial charge in [0, 0.05) is 18.4 Å². The summed E-state index contributed by atoms with van der Waals surface area (Å²) in [5, 5.41) is 7.10. The van der Waals surface area contributed by atoms with Crippen LogP contribution < -0.4 is 44.6 Å². The van der Waals surface area contributed by atoms with Gasteiger partial charge in [0.05, 0.1) is 19.6 Å². The van der Waals surface area contributed by atoms with E-state index in [9.17, 15) is 19.2 Å². The van der Waals surface area contributed by atoms with Crippen LogP contribution in [0.2, 0.25) is 0 Å². The van der Waals surface area contributed by atoms with Gasteiger partial charge in [0.25, 0.3) is 0 Å². The number of guanidine groups is 1. The smallest absolute Gasteiger partial charge is 0.243 e. The first-order valence-corrected chi connectivity index (χ1v) is 14.1. The number of nitrogens with one attached hydrogen (secondary N) is 5. The molecule has 2 rings (SSSR count). The summed E-state index contributed by atoms with van der Waals surface area (Å²) in [6, 6.07) is 9.44. The van der Waals surface area contributed by atoms with Gasteiger partial charge in [-0.25, -0.2) is 0 Å². The van der Waals surface area contributed by atoms with Crippen LogP contribution in [0, 0.1) is 18.6 Å². The monoisotopic (exact) mass is 623 g/mol. The van der Waals surface area contributed by atoms with Crippen molar-refractivity contribution in [2.45, 2.75) is 52.5 Å². The second-order valence-corrected chi connectivity index (χ2v) is 9.36. The molecule has 0 aliphatic rings. The number of aryl methyl sites for hydroxylation is 2. The number of primary amides is 1. The number of benzene rings is 1. The summed E-state index contributed by atoms with van der Waals surface area (Å²) in [6.07, 6.45) is 4.51. The van der Waals surface area contributed by atoms with Gasteiger partial charge in [-0.1, -0.05) is 42.8 Å². The van der Waals surface area contributed by atoms with Crippen LogP contribution in [-0.4, -0.2) is 78.3 Å². The molecule has 1 unspecified atom stereocenters. The quantitative estimate of drug-likeness (QED) is 0.0585. The third kappa shape index (κ3) is 27.7. The standard InChI is InChI=1S/C12H24N6O4.C7H8.C4H11N3.C4H6N2S/c13-4-2-1-3-8(12(22)17-6-9(15)19)18-11(21)7-16-10(20)5-14;1-7-5-3-2-4-6-7;1-2-3-7-4(5)6;1-3-2-5-4(7)6-3/h8H,1-7,13-14H2,(H2,15,19)(H,16,20)(H,17,22)(H,18,21);2-6H,1H3;2-3H2,1H3,(H4,5,6,7);2H,1H3,(H2,5,6,7). The third-order valence-corrected chi connectivity index (χ3v) is 5.08. The van der Waals surface area contributed by atoms with E-state index in [0.29, 0.717) is 30.6 Å². The molecule has 43 heavy (non-hydrogen) atoms. The molecule has 2 aromatic rings. The molecule has 0 bridgehead atoms. The number of rotatable bonds is 13. The number of H-pyrrole nitrogens is 2. The maximum atomic E-state index is 11.9. The molecule has 0 fully saturated rings. The fourth-order valence-electron chi connectivity index (χ4n) is 2.76. The second-order valence-electron chi connectivity index (χ2n) is 8.96. The number of imidazole rings is 1. The summed E-state index contributed by atoms with van der Waals surface area (Å²) in [5.74, 6) is -2.03. The molecule has 15 nitrogen and oxygen atoms in total. The van der Waals surface area contributed by atoms with Crippen LogP contribution in [0.4, 0.5) is 0 Å². The number of aromatic amines is 2. The average Bonchev–Trinajstić information content (AvgIpc) is 3.36. The van der Waals surface area contributed by atoms with E-state index in [1.807, 2.05) is 38.2 Å². The predicted octanol–water partition coefficient (Wildman–Crippen LogP) is -0.678. The van der Waals surface area contributed by atoms with Gasteiger partial charge in [0.1, 0.15) is 6.04 Å². The van der Waals surface area contributed by atoms with Crippen molar-refractivity contribution in [1.29, 1.82) is 0 Å². The maximum Gasteiger partial charge on any atom is 0.243 e. The fourth-order valence-corrected chi connectivity index (χ4v) is 2.98. The van der Waals surface area contributed by atoms with Crippen molar-refractivity contribution >= 4 is 41.8 Å². The van der Waals surface area contributed by atoms with Crippen molar-refractivity contribution in [3.05, 3.63) is 52.6 Å². The van der Waals surface area contributed by atoms with E-state index in [-0.39, 0.29) is 25.6 Å². The Bertz CT molecular complexity index is 1130. The van der Waals surface area contributed by atoms with E-state index in [2.05, 4.69) is 50.0 Å². The van der Waals surface area contributed by atoms with E-state index >= 15 is 0 Å². The molecular formula is C27H49N11O4S. The van der Waals surface area contributed by atoms with Crippen molar-refractivity contribution in [1.82, 2.24) is 25.9 Å². The zero-order chi connectivity index (χ0) is 33.0. The number of nitrogens with two attached hydrogens (primary N) is 5. The number of hydrogen-bond acceptors (Lipinski definition) is 8. The number of carbonyl (C=O) groups is 4. The molecule has 0 saturated carbocycles. The molecule has 4 amide bonds. The molecule has 15 N–H and O–H groups in total. The number of unbranched alkanes of at least 4 members (excludes halogenated alkanes) is 1. The first kappa shape index (κ1) is 40.9. The number of hydrogen-bond donors (Lipinski definition) is 10. The summed E-state index contributed by atoms with van der Waals surface area (Å²) >= 11 is 4.72. The molecule has 0 aliphatic heterocycles. The van der Waals surface area contributed by atoms with E-state index in [0.717, 1.165) is 18.7 Å². The van der Waals surface area contributed by atoms with E-state index in [1.54, 1.807) is 0 Å². The van der Waals surface area contributed by atoms with Crippen LogP contribution in [-0.2, 0) is 19.2 Å². The summed E-state index contributed by atoms with van der Waals surface area (Å²) < 4.78 is 0.692. The zero-order valence-corrected chi connectivity index (χ0v) is 26.1. The Morgan fingerprint density at radius 3 is 1.98 bits per heavy atom. The average molecular weight is 624 g/mol. The first-order chi connectivity index (χ1) is 20.4. The summed E-state index contributed by atoms with van der Waals surface area (Å²) in [7, 11) is 0. The SMILES string of the molecule is CCCN=C(N)N.Cc1c[nH]c(=S)[nH]1.Cc1ccccc1.NCCCCC(NC(=O)CNC(=O)CN)C(=O)NCC(N)=O. The number of amides is 4. The minimum Gasteiger partial charge on any atom is -0.370 e. The van der Waals surface area contributed by atoms with Gasteiger partial charge in [-0.2, -0.15) is 0 Å². The lowest BCUT2D eigenvalue weighted by Gasteiger charge is -2.18. The van der Waals surface area contributed by atoms with Gasteiger partial charge >= 0.3 is 0 Å². The lowest BCUT2D eigenvalue weighted by atomic mass is 10.1. The number of aromatic nitrogens is 2. The van der Waals surface area contributed by atoms with Crippen LogP contribution >= 0.6 is 12.2 Å². The Balaban J connectivity index is 0. The molecule has 1 heterocycles. The molecule has 0 aliphatic carbocycles. The Hall–Kier alpha value is -4.28. The highest BCUT2D eigenvalue weighted by molar-refractivity contribution is 7.71.